The number of rotatable bonds is 0. The van der Waals surface area contributed by atoms with E-state index in [9.17, 15) is 0 Å². The zero-order valence-electron chi connectivity index (χ0n) is 2.77. The lowest BCUT2D eigenvalue weighted by Gasteiger charge is -1.75. The van der Waals surface area contributed by atoms with Gasteiger partial charge in [0.05, 0.1) is 6.61 Å². The molecular formula is C4H4O. The fourth-order valence-corrected chi connectivity index (χ4v) is 0.241. The van der Waals surface area contributed by atoms with Gasteiger partial charge >= 0.3 is 0 Å². The third-order valence-corrected chi connectivity index (χ3v) is 0.449. The highest BCUT2D eigenvalue weighted by atomic mass is 16.5. The second-order valence-electron chi connectivity index (χ2n) is 0.831. The minimum Gasteiger partial charge on any atom is -0.360 e. The van der Waals surface area contributed by atoms with E-state index in [-0.39, 0.29) is 0 Å². The molecule has 0 unspecified atom stereocenters. The molecule has 1 aliphatic heterocycles. The summed E-state index contributed by atoms with van der Waals surface area (Å²) in [6.07, 6.45) is 3.67. The Kier molecular flexibility index (Phi) is 0.711. The Morgan fingerprint density at radius 3 is 3.00 bits per heavy atom. The van der Waals surface area contributed by atoms with E-state index in [4.69, 9.17) is 0 Å². The lowest BCUT2D eigenvalue weighted by molar-refractivity contribution is 0.269. The molecule has 0 aliphatic carbocycles. The smallest absolute Gasteiger partial charge is 0.158 e. The molecule has 1 heteroatoms. The molecule has 0 amide bonds. The summed E-state index contributed by atoms with van der Waals surface area (Å²) < 4.78 is 4.58. The zero-order chi connectivity index (χ0) is 3.54. The van der Waals surface area contributed by atoms with Crippen molar-refractivity contribution < 1.29 is 4.74 Å². The largest absolute Gasteiger partial charge is 0.360 e. The van der Waals surface area contributed by atoms with Gasteiger partial charge < -0.3 is 4.74 Å². The van der Waals surface area contributed by atoms with Gasteiger partial charge in [0.15, 0.2) is 6.61 Å². The highest BCUT2D eigenvalue weighted by Crippen LogP contribution is 1.91. The third-order valence-electron chi connectivity index (χ3n) is 0.449. The molecule has 1 heterocycles. The summed E-state index contributed by atoms with van der Waals surface area (Å²) in [4.78, 5) is 0. The lowest BCUT2D eigenvalue weighted by atomic mass is 10.6. The topological polar surface area (TPSA) is 9.23 Å². The van der Waals surface area contributed by atoms with Crippen molar-refractivity contribution in [2.24, 2.45) is 0 Å². The number of hydrogen-bond acceptors (Lipinski definition) is 1. The van der Waals surface area contributed by atoms with Gasteiger partial charge in [-0.15, -0.1) is 0 Å². The Morgan fingerprint density at radius 1 is 1.80 bits per heavy atom. The molecule has 0 N–H and O–H groups in total. The lowest BCUT2D eigenvalue weighted by Crippen LogP contribution is -1.70. The quantitative estimate of drug-likeness (QED) is 0.404. The van der Waals surface area contributed by atoms with Crippen LogP contribution in [0.25, 0.3) is 0 Å². The summed E-state index contributed by atoms with van der Waals surface area (Å²) in [7, 11) is 0. The molecule has 1 rings (SSSR count). The van der Waals surface area contributed by atoms with Gasteiger partial charge in [0.1, 0.15) is 0 Å². The SMILES string of the molecule is [C]1C=CCO1. The average molecular weight is 68.1 g/mol. The Bertz CT molecular complexity index is 41.6. The summed E-state index contributed by atoms with van der Waals surface area (Å²) in [6.45, 7) is 3.25. The van der Waals surface area contributed by atoms with Crippen LogP contribution in [-0.4, -0.2) is 6.61 Å². The first-order valence-electron chi connectivity index (χ1n) is 1.52. The summed E-state index contributed by atoms with van der Waals surface area (Å²) in [6, 6.07) is 0. The maximum absolute atomic E-state index is 4.58. The molecule has 1 aliphatic rings. The second kappa shape index (κ2) is 1.22. The first-order valence-corrected chi connectivity index (χ1v) is 1.52. The van der Waals surface area contributed by atoms with Crippen molar-refractivity contribution in [2.75, 3.05) is 6.61 Å². The van der Waals surface area contributed by atoms with Crippen LogP contribution in [0.4, 0.5) is 0 Å². The third kappa shape index (κ3) is 0.484. The van der Waals surface area contributed by atoms with Crippen LogP contribution in [0, 0.1) is 6.61 Å². The van der Waals surface area contributed by atoms with Crippen molar-refractivity contribution in [3.63, 3.8) is 0 Å². The van der Waals surface area contributed by atoms with Gasteiger partial charge in [0, 0.05) is 0 Å². The minimum absolute atomic E-state index is 0.708. The Balaban J connectivity index is 2.32. The maximum atomic E-state index is 4.58. The second-order valence-corrected chi connectivity index (χ2v) is 0.831. The van der Waals surface area contributed by atoms with E-state index >= 15 is 0 Å². The van der Waals surface area contributed by atoms with Crippen molar-refractivity contribution >= 4 is 0 Å². The molecular weight excluding hydrogens is 64.0 g/mol. The monoisotopic (exact) mass is 68.0 g/mol. The minimum atomic E-state index is 0.708. The van der Waals surface area contributed by atoms with Gasteiger partial charge in [-0.25, -0.2) is 0 Å². The summed E-state index contributed by atoms with van der Waals surface area (Å²) in [5.74, 6) is 0. The molecule has 5 heavy (non-hydrogen) atoms. The molecule has 0 saturated heterocycles. The van der Waals surface area contributed by atoms with Crippen molar-refractivity contribution in [1.82, 2.24) is 0 Å². The fraction of sp³-hybridized carbons (Fsp3) is 0.250. The van der Waals surface area contributed by atoms with Crippen LogP contribution < -0.4 is 0 Å². The molecule has 0 bridgehead atoms. The molecule has 0 atom stereocenters. The van der Waals surface area contributed by atoms with Crippen molar-refractivity contribution in [3.8, 4) is 0 Å². The van der Waals surface area contributed by atoms with E-state index in [2.05, 4.69) is 11.3 Å². The van der Waals surface area contributed by atoms with E-state index in [1.807, 2.05) is 6.08 Å². The highest BCUT2D eigenvalue weighted by Gasteiger charge is 1.85. The van der Waals surface area contributed by atoms with Crippen LogP contribution in [0.15, 0.2) is 12.2 Å². The van der Waals surface area contributed by atoms with Gasteiger partial charge in [-0.2, -0.15) is 0 Å². The molecule has 0 saturated carbocycles. The Labute approximate surface area is 31.3 Å². The van der Waals surface area contributed by atoms with Crippen LogP contribution >= 0.6 is 0 Å². The van der Waals surface area contributed by atoms with Crippen molar-refractivity contribution in [1.29, 1.82) is 0 Å². The van der Waals surface area contributed by atoms with Gasteiger partial charge in [-0.05, 0) is 6.08 Å². The number of ether oxygens (including phenoxy) is 1. The first kappa shape index (κ1) is 2.91. The molecule has 0 aromatic rings. The molecule has 2 radical (unpaired) electrons. The summed E-state index contributed by atoms with van der Waals surface area (Å²) in [5.41, 5.74) is 0. The van der Waals surface area contributed by atoms with Crippen LogP contribution in [0.2, 0.25) is 0 Å². The average Bonchev–Trinajstić information content (AvgIpc) is 1.76. The van der Waals surface area contributed by atoms with E-state index in [0.717, 1.165) is 0 Å². The fourth-order valence-electron chi connectivity index (χ4n) is 0.241. The van der Waals surface area contributed by atoms with Crippen LogP contribution in [0.3, 0.4) is 0 Å². The molecule has 0 aromatic carbocycles. The van der Waals surface area contributed by atoms with E-state index in [1.54, 1.807) is 6.08 Å². The highest BCUT2D eigenvalue weighted by molar-refractivity contribution is 4.94. The molecule has 1 nitrogen and oxygen atoms in total. The Hall–Kier alpha value is -0.300. The predicted molar refractivity (Wildman–Crippen MR) is 18.3 cm³/mol. The standard InChI is InChI=1S/C4H4O/c1-2-4-5-3-1/h1-2H,3H2. The molecule has 0 spiro atoms. The molecule has 0 aromatic heterocycles. The summed E-state index contributed by atoms with van der Waals surface area (Å²) in [5, 5.41) is 0. The maximum Gasteiger partial charge on any atom is 0.158 e. The van der Waals surface area contributed by atoms with Gasteiger partial charge in [-0.1, -0.05) is 6.08 Å². The van der Waals surface area contributed by atoms with E-state index < -0.39 is 0 Å². The zero-order valence-corrected chi connectivity index (χ0v) is 2.77. The summed E-state index contributed by atoms with van der Waals surface area (Å²) >= 11 is 0. The predicted octanol–water partition coefficient (Wildman–Crippen LogP) is 0.612. The first-order chi connectivity index (χ1) is 2.50. The van der Waals surface area contributed by atoms with Gasteiger partial charge in [0.25, 0.3) is 0 Å². The Morgan fingerprint density at radius 2 is 2.80 bits per heavy atom. The molecule has 26 valence electrons. The van der Waals surface area contributed by atoms with Gasteiger partial charge in [-0.3, -0.25) is 0 Å². The van der Waals surface area contributed by atoms with Crippen molar-refractivity contribution in [3.05, 3.63) is 18.8 Å². The van der Waals surface area contributed by atoms with Crippen LogP contribution in [0.5, 0.6) is 0 Å². The normalized spacial score (nSPS) is 20.8. The van der Waals surface area contributed by atoms with E-state index in [1.165, 1.54) is 0 Å². The van der Waals surface area contributed by atoms with Crippen LogP contribution in [-0.2, 0) is 4.74 Å². The molecule has 0 fully saturated rings. The van der Waals surface area contributed by atoms with E-state index in [0.29, 0.717) is 6.61 Å². The number of hydrogen-bond donors (Lipinski definition) is 0. The van der Waals surface area contributed by atoms with Crippen molar-refractivity contribution in [2.45, 2.75) is 0 Å². The van der Waals surface area contributed by atoms with Gasteiger partial charge in [0.2, 0.25) is 0 Å². The van der Waals surface area contributed by atoms with Crippen LogP contribution in [0.1, 0.15) is 0 Å².